The van der Waals surface area contributed by atoms with Crippen molar-refractivity contribution in [1.82, 2.24) is 10.2 Å². The van der Waals surface area contributed by atoms with Crippen LogP contribution in [0, 0.1) is 0 Å². The molecule has 1 aromatic rings. The number of rotatable bonds is 3. The maximum Gasteiger partial charge on any atom is 0.317 e. The average Bonchev–Trinajstić information content (AvgIpc) is 2.34. The summed E-state index contributed by atoms with van der Waals surface area (Å²) in [6.07, 6.45) is 1.99. The van der Waals surface area contributed by atoms with E-state index in [9.17, 15) is 4.79 Å². The minimum absolute atomic E-state index is 0.0713. The van der Waals surface area contributed by atoms with Crippen molar-refractivity contribution < 1.29 is 4.79 Å². The van der Waals surface area contributed by atoms with Gasteiger partial charge in [-0.1, -0.05) is 37.3 Å². The predicted octanol–water partition coefficient (Wildman–Crippen LogP) is 2.55. The molecule has 0 saturated carbocycles. The quantitative estimate of drug-likeness (QED) is 0.830. The Morgan fingerprint density at radius 3 is 2.75 bits per heavy atom. The van der Waals surface area contributed by atoms with Gasteiger partial charge in [0, 0.05) is 13.1 Å². The van der Waals surface area contributed by atoms with Crippen LogP contribution in [0.5, 0.6) is 0 Å². The molecule has 16 heavy (non-hydrogen) atoms. The Morgan fingerprint density at radius 2 is 2.12 bits per heavy atom. The summed E-state index contributed by atoms with van der Waals surface area (Å²) in [6.45, 7) is 3.79. The molecular formula is C13H18N2O. The number of hydrogen-bond donors (Lipinski definition) is 1. The van der Waals surface area contributed by atoms with Crippen LogP contribution in [0.3, 0.4) is 0 Å². The smallest absolute Gasteiger partial charge is 0.317 e. The van der Waals surface area contributed by atoms with E-state index in [1.54, 1.807) is 0 Å². The molecule has 1 atom stereocenters. The van der Waals surface area contributed by atoms with E-state index in [1.165, 1.54) is 5.56 Å². The summed E-state index contributed by atoms with van der Waals surface area (Å²) in [5.74, 6) is 0. The van der Waals surface area contributed by atoms with Crippen LogP contribution >= 0.6 is 0 Å². The van der Waals surface area contributed by atoms with Gasteiger partial charge in [0.15, 0.2) is 0 Å². The number of carbonyl (C=O) groups excluding carboxylic acids is 1. The first kappa shape index (κ1) is 11.0. The van der Waals surface area contributed by atoms with Gasteiger partial charge in [0.25, 0.3) is 0 Å². The second kappa shape index (κ2) is 5.01. The molecule has 2 rings (SSSR count). The monoisotopic (exact) mass is 218 g/mol. The van der Waals surface area contributed by atoms with Gasteiger partial charge in [-0.15, -0.1) is 0 Å². The van der Waals surface area contributed by atoms with Gasteiger partial charge in [-0.3, -0.25) is 0 Å². The van der Waals surface area contributed by atoms with Crippen LogP contribution in [0.4, 0.5) is 4.79 Å². The standard InChI is InChI=1S/C13H18N2O/c1-2-12(11-7-4-3-5-8-11)15-10-6-9-14-13(15)16/h3-5,7-8,12H,2,6,9-10H2,1H3,(H,14,16). The van der Waals surface area contributed by atoms with E-state index in [4.69, 9.17) is 0 Å². The highest BCUT2D eigenvalue weighted by Gasteiger charge is 2.25. The number of benzene rings is 1. The molecule has 1 aromatic carbocycles. The highest BCUT2D eigenvalue weighted by molar-refractivity contribution is 5.75. The molecule has 1 aliphatic heterocycles. The van der Waals surface area contributed by atoms with Gasteiger partial charge in [-0.05, 0) is 18.4 Å². The van der Waals surface area contributed by atoms with E-state index in [1.807, 2.05) is 23.1 Å². The Balaban J connectivity index is 2.18. The molecule has 0 aromatic heterocycles. The molecule has 86 valence electrons. The SMILES string of the molecule is CCC(c1ccccc1)N1CCCNC1=O. The van der Waals surface area contributed by atoms with Gasteiger partial charge in [0.2, 0.25) is 0 Å². The largest absolute Gasteiger partial charge is 0.338 e. The number of nitrogens with one attached hydrogen (secondary N) is 1. The zero-order chi connectivity index (χ0) is 11.4. The Labute approximate surface area is 96.5 Å². The minimum atomic E-state index is 0.0713. The molecule has 0 radical (unpaired) electrons. The van der Waals surface area contributed by atoms with Gasteiger partial charge in [0.1, 0.15) is 0 Å². The van der Waals surface area contributed by atoms with Crippen molar-refractivity contribution in [3.8, 4) is 0 Å². The highest BCUT2D eigenvalue weighted by atomic mass is 16.2. The molecule has 0 spiro atoms. The summed E-state index contributed by atoms with van der Waals surface area (Å²) < 4.78 is 0. The normalized spacial score (nSPS) is 18.1. The van der Waals surface area contributed by atoms with Crippen molar-refractivity contribution in [2.24, 2.45) is 0 Å². The van der Waals surface area contributed by atoms with E-state index in [2.05, 4.69) is 24.4 Å². The van der Waals surface area contributed by atoms with Crippen molar-refractivity contribution in [1.29, 1.82) is 0 Å². The predicted molar refractivity (Wildman–Crippen MR) is 64.2 cm³/mol. The molecule has 2 amide bonds. The molecule has 1 unspecified atom stereocenters. The number of hydrogen-bond acceptors (Lipinski definition) is 1. The van der Waals surface area contributed by atoms with Gasteiger partial charge < -0.3 is 10.2 Å². The molecule has 3 heteroatoms. The van der Waals surface area contributed by atoms with Crippen molar-refractivity contribution in [3.05, 3.63) is 35.9 Å². The van der Waals surface area contributed by atoms with Crippen LogP contribution in [0.1, 0.15) is 31.4 Å². The van der Waals surface area contributed by atoms with Crippen LogP contribution in [0.25, 0.3) is 0 Å². The van der Waals surface area contributed by atoms with Crippen LogP contribution in [0.15, 0.2) is 30.3 Å². The summed E-state index contributed by atoms with van der Waals surface area (Å²) in [5.41, 5.74) is 1.22. The molecule has 1 saturated heterocycles. The highest BCUT2D eigenvalue weighted by Crippen LogP contribution is 2.25. The zero-order valence-electron chi connectivity index (χ0n) is 9.65. The molecule has 1 N–H and O–H groups in total. The first-order chi connectivity index (χ1) is 7.83. The zero-order valence-corrected chi connectivity index (χ0v) is 9.65. The van der Waals surface area contributed by atoms with Crippen LogP contribution in [-0.4, -0.2) is 24.0 Å². The van der Waals surface area contributed by atoms with Crippen molar-refractivity contribution in [3.63, 3.8) is 0 Å². The maximum absolute atomic E-state index is 11.8. The summed E-state index contributed by atoms with van der Waals surface area (Å²) >= 11 is 0. The molecule has 1 aliphatic rings. The Kier molecular flexibility index (Phi) is 3.44. The van der Waals surface area contributed by atoms with Crippen LogP contribution in [0.2, 0.25) is 0 Å². The van der Waals surface area contributed by atoms with Crippen molar-refractivity contribution >= 4 is 6.03 Å². The lowest BCUT2D eigenvalue weighted by atomic mass is 10.0. The van der Waals surface area contributed by atoms with E-state index < -0.39 is 0 Å². The number of nitrogens with zero attached hydrogens (tertiary/aromatic N) is 1. The second-order valence-electron chi connectivity index (χ2n) is 4.11. The Hall–Kier alpha value is -1.51. The Bertz CT molecular complexity index is 350. The van der Waals surface area contributed by atoms with E-state index in [0.29, 0.717) is 0 Å². The van der Waals surface area contributed by atoms with Gasteiger partial charge in [0.05, 0.1) is 6.04 Å². The molecule has 0 aliphatic carbocycles. The lowest BCUT2D eigenvalue weighted by Crippen LogP contribution is -2.47. The van der Waals surface area contributed by atoms with Gasteiger partial charge in [-0.2, -0.15) is 0 Å². The minimum Gasteiger partial charge on any atom is -0.338 e. The van der Waals surface area contributed by atoms with E-state index in [0.717, 1.165) is 25.9 Å². The third-order valence-corrected chi connectivity index (χ3v) is 3.06. The van der Waals surface area contributed by atoms with Gasteiger partial charge >= 0.3 is 6.03 Å². The Morgan fingerprint density at radius 1 is 1.38 bits per heavy atom. The average molecular weight is 218 g/mol. The van der Waals surface area contributed by atoms with Crippen molar-refractivity contribution in [2.45, 2.75) is 25.8 Å². The topological polar surface area (TPSA) is 32.3 Å². The number of amides is 2. The lowest BCUT2D eigenvalue weighted by Gasteiger charge is -2.34. The molecule has 3 nitrogen and oxygen atoms in total. The van der Waals surface area contributed by atoms with Crippen LogP contribution < -0.4 is 5.32 Å². The first-order valence-corrected chi connectivity index (χ1v) is 5.92. The summed E-state index contributed by atoms with van der Waals surface area (Å²) in [4.78, 5) is 13.7. The second-order valence-corrected chi connectivity index (χ2v) is 4.11. The molecular weight excluding hydrogens is 200 g/mol. The fraction of sp³-hybridized carbons (Fsp3) is 0.462. The lowest BCUT2D eigenvalue weighted by molar-refractivity contribution is 0.159. The summed E-state index contributed by atoms with van der Waals surface area (Å²) in [5, 5.41) is 2.90. The first-order valence-electron chi connectivity index (χ1n) is 5.92. The number of urea groups is 1. The van der Waals surface area contributed by atoms with E-state index >= 15 is 0 Å². The fourth-order valence-electron chi connectivity index (χ4n) is 2.26. The number of carbonyl (C=O) groups is 1. The van der Waals surface area contributed by atoms with Crippen molar-refractivity contribution in [2.75, 3.05) is 13.1 Å². The summed E-state index contributed by atoms with van der Waals surface area (Å²) in [6, 6.07) is 10.5. The maximum atomic E-state index is 11.8. The van der Waals surface area contributed by atoms with Gasteiger partial charge in [-0.25, -0.2) is 4.79 Å². The van der Waals surface area contributed by atoms with E-state index in [-0.39, 0.29) is 12.1 Å². The molecule has 0 bridgehead atoms. The summed E-state index contributed by atoms with van der Waals surface area (Å²) in [7, 11) is 0. The molecule has 1 heterocycles. The third kappa shape index (κ3) is 2.18. The van der Waals surface area contributed by atoms with Crippen LogP contribution in [-0.2, 0) is 0 Å². The third-order valence-electron chi connectivity index (χ3n) is 3.06. The molecule has 1 fully saturated rings. The fourth-order valence-corrected chi connectivity index (χ4v) is 2.26.